The lowest BCUT2D eigenvalue weighted by Gasteiger charge is -2.56. The van der Waals surface area contributed by atoms with Crippen LogP contribution in [0.4, 0.5) is 0 Å². The molecule has 1 saturated carbocycles. The Morgan fingerprint density at radius 2 is 2.08 bits per heavy atom. The third-order valence-corrected chi connectivity index (χ3v) is 7.06. The molecule has 4 fully saturated rings. The van der Waals surface area contributed by atoms with Crippen LogP contribution in [0.2, 0.25) is 0 Å². The second kappa shape index (κ2) is 6.73. The molecule has 0 aromatic rings. The van der Waals surface area contributed by atoms with Gasteiger partial charge < -0.3 is 19.7 Å². The molecule has 4 aliphatic rings. The Morgan fingerprint density at radius 3 is 2.84 bits per heavy atom. The largest absolute Gasteiger partial charge is 0.381 e. The average molecular weight is 350 g/mol. The predicted octanol–water partition coefficient (Wildman–Crippen LogP) is 2.66. The molecule has 3 heterocycles. The normalized spacial score (nSPS) is 40.7. The van der Waals surface area contributed by atoms with Gasteiger partial charge in [-0.2, -0.15) is 0 Å². The van der Waals surface area contributed by atoms with Crippen molar-refractivity contribution < 1.29 is 9.47 Å². The van der Waals surface area contributed by atoms with E-state index in [4.69, 9.17) is 14.5 Å². The van der Waals surface area contributed by atoms with Gasteiger partial charge in [-0.1, -0.05) is 13.8 Å². The van der Waals surface area contributed by atoms with Gasteiger partial charge in [0.1, 0.15) is 0 Å². The molecule has 5 nitrogen and oxygen atoms in total. The van der Waals surface area contributed by atoms with Crippen molar-refractivity contribution in [3.63, 3.8) is 0 Å². The second-order valence-electron chi connectivity index (χ2n) is 9.17. The van der Waals surface area contributed by atoms with Crippen molar-refractivity contribution in [3.8, 4) is 0 Å². The van der Waals surface area contributed by atoms with Crippen LogP contribution >= 0.6 is 0 Å². The lowest BCUT2D eigenvalue weighted by Crippen LogP contribution is -2.68. The molecule has 0 radical (unpaired) electrons. The maximum absolute atomic E-state index is 5.96. The summed E-state index contributed by atoms with van der Waals surface area (Å²) in [5.41, 5.74) is 0.540. The van der Waals surface area contributed by atoms with Gasteiger partial charge in [0.25, 0.3) is 0 Å². The minimum absolute atomic E-state index is 0.192. The predicted molar refractivity (Wildman–Crippen MR) is 99.8 cm³/mol. The first-order chi connectivity index (χ1) is 12.1. The summed E-state index contributed by atoms with van der Waals surface area (Å²) >= 11 is 0. The number of aliphatic imine (C=N–C) groups is 1. The van der Waals surface area contributed by atoms with E-state index >= 15 is 0 Å². The van der Waals surface area contributed by atoms with E-state index in [9.17, 15) is 0 Å². The monoisotopic (exact) mass is 349 g/mol. The van der Waals surface area contributed by atoms with E-state index in [-0.39, 0.29) is 5.41 Å². The number of hydrogen-bond donors (Lipinski definition) is 1. The number of fused-ring (bicyclic) bond motifs is 1. The zero-order valence-corrected chi connectivity index (χ0v) is 16.2. The number of likely N-dealkylation sites (tertiary alicyclic amines) is 1. The van der Waals surface area contributed by atoms with Gasteiger partial charge in [-0.25, -0.2) is 0 Å². The van der Waals surface area contributed by atoms with Crippen LogP contribution in [0.15, 0.2) is 4.99 Å². The first-order valence-electron chi connectivity index (χ1n) is 10.3. The SMILES string of the molecule is CCN=C(NC1C2CCOC2C1(C)C)N1CCCC2(CCCOC2)C1. The van der Waals surface area contributed by atoms with Gasteiger partial charge in [-0.3, -0.25) is 4.99 Å². The zero-order valence-electron chi connectivity index (χ0n) is 16.2. The Balaban J connectivity index is 1.47. The van der Waals surface area contributed by atoms with Crippen LogP contribution < -0.4 is 5.32 Å². The third-order valence-electron chi connectivity index (χ3n) is 7.06. The molecule has 3 aliphatic heterocycles. The minimum atomic E-state index is 0.192. The van der Waals surface area contributed by atoms with E-state index in [1.54, 1.807) is 0 Å². The fourth-order valence-corrected chi connectivity index (χ4v) is 5.76. The molecule has 1 spiro atoms. The maximum atomic E-state index is 5.96. The number of hydrogen-bond acceptors (Lipinski definition) is 3. The van der Waals surface area contributed by atoms with Crippen molar-refractivity contribution in [1.29, 1.82) is 0 Å². The van der Waals surface area contributed by atoms with E-state index in [2.05, 4.69) is 31.0 Å². The summed E-state index contributed by atoms with van der Waals surface area (Å²) in [6.07, 6.45) is 6.66. The topological polar surface area (TPSA) is 46.1 Å². The molecule has 4 unspecified atom stereocenters. The van der Waals surface area contributed by atoms with Crippen molar-refractivity contribution in [3.05, 3.63) is 0 Å². The first kappa shape index (κ1) is 17.6. The minimum Gasteiger partial charge on any atom is -0.381 e. The van der Waals surface area contributed by atoms with Crippen LogP contribution in [-0.4, -0.2) is 62.5 Å². The average Bonchev–Trinajstić information content (AvgIpc) is 3.06. The van der Waals surface area contributed by atoms with E-state index in [1.807, 2.05) is 0 Å². The van der Waals surface area contributed by atoms with Crippen LogP contribution in [0, 0.1) is 16.7 Å². The highest BCUT2D eigenvalue weighted by Gasteiger charge is 2.59. The molecular weight excluding hydrogens is 314 g/mol. The Kier molecular flexibility index (Phi) is 4.74. The Morgan fingerprint density at radius 1 is 1.24 bits per heavy atom. The van der Waals surface area contributed by atoms with Crippen molar-refractivity contribution >= 4 is 5.96 Å². The zero-order chi connectivity index (χ0) is 17.5. The van der Waals surface area contributed by atoms with Gasteiger partial charge in [-0.15, -0.1) is 0 Å². The molecular formula is C20H35N3O2. The molecule has 5 heteroatoms. The number of nitrogens with zero attached hydrogens (tertiary/aromatic N) is 2. The molecule has 0 aromatic heterocycles. The highest BCUT2D eigenvalue weighted by molar-refractivity contribution is 5.81. The molecule has 0 aromatic carbocycles. The standard InChI is InChI=1S/C20H35N3O2/c1-4-21-18(22-16-15-7-12-25-17(15)19(16,2)3)23-10-5-8-20(13-23)9-6-11-24-14-20/h15-17H,4-14H2,1-3H3,(H,21,22). The van der Waals surface area contributed by atoms with Crippen molar-refractivity contribution in [1.82, 2.24) is 10.2 Å². The number of piperidine rings is 1. The first-order valence-corrected chi connectivity index (χ1v) is 10.3. The van der Waals surface area contributed by atoms with Gasteiger partial charge in [-0.05, 0) is 39.0 Å². The number of nitrogens with one attached hydrogen (secondary N) is 1. The maximum Gasteiger partial charge on any atom is 0.194 e. The molecule has 0 bridgehead atoms. The molecule has 25 heavy (non-hydrogen) atoms. The summed E-state index contributed by atoms with van der Waals surface area (Å²) in [5.74, 6) is 1.77. The summed E-state index contributed by atoms with van der Waals surface area (Å²) < 4.78 is 11.8. The number of ether oxygens (including phenoxy) is 2. The van der Waals surface area contributed by atoms with Gasteiger partial charge in [0, 0.05) is 55.6 Å². The molecule has 4 rings (SSSR count). The molecule has 3 saturated heterocycles. The van der Waals surface area contributed by atoms with Crippen molar-refractivity contribution in [2.75, 3.05) is 39.5 Å². The van der Waals surface area contributed by atoms with E-state index in [0.717, 1.165) is 45.4 Å². The van der Waals surface area contributed by atoms with Gasteiger partial charge in [0.15, 0.2) is 5.96 Å². The number of guanidine groups is 1. The Hall–Kier alpha value is -0.810. The molecule has 142 valence electrons. The third kappa shape index (κ3) is 3.08. The van der Waals surface area contributed by atoms with Crippen LogP contribution in [-0.2, 0) is 9.47 Å². The van der Waals surface area contributed by atoms with Gasteiger partial charge in [0.2, 0.25) is 0 Å². The quantitative estimate of drug-likeness (QED) is 0.615. The summed E-state index contributed by atoms with van der Waals surface area (Å²) in [7, 11) is 0. The highest BCUT2D eigenvalue weighted by atomic mass is 16.5. The van der Waals surface area contributed by atoms with E-state index < -0.39 is 0 Å². The number of rotatable bonds is 2. The second-order valence-corrected chi connectivity index (χ2v) is 9.17. The molecule has 4 atom stereocenters. The lowest BCUT2D eigenvalue weighted by atomic mass is 9.57. The summed E-state index contributed by atoms with van der Waals surface area (Å²) in [6.45, 7) is 12.6. The summed E-state index contributed by atoms with van der Waals surface area (Å²) in [5, 5.41) is 3.86. The van der Waals surface area contributed by atoms with E-state index in [0.29, 0.717) is 23.5 Å². The lowest BCUT2D eigenvalue weighted by molar-refractivity contribution is -0.108. The van der Waals surface area contributed by atoms with Crippen LogP contribution in [0.5, 0.6) is 0 Å². The van der Waals surface area contributed by atoms with E-state index in [1.165, 1.54) is 32.1 Å². The summed E-state index contributed by atoms with van der Waals surface area (Å²) in [6, 6.07) is 0.478. The Bertz CT molecular complexity index is 508. The summed E-state index contributed by atoms with van der Waals surface area (Å²) in [4.78, 5) is 7.39. The molecule has 1 aliphatic carbocycles. The van der Waals surface area contributed by atoms with Crippen molar-refractivity contribution in [2.45, 2.75) is 65.0 Å². The molecule has 1 N–H and O–H groups in total. The molecule has 0 amide bonds. The van der Waals surface area contributed by atoms with Crippen LogP contribution in [0.1, 0.15) is 52.9 Å². The fraction of sp³-hybridized carbons (Fsp3) is 0.950. The van der Waals surface area contributed by atoms with Crippen LogP contribution in [0.25, 0.3) is 0 Å². The van der Waals surface area contributed by atoms with Crippen molar-refractivity contribution in [2.24, 2.45) is 21.7 Å². The van der Waals surface area contributed by atoms with Gasteiger partial charge >= 0.3 is 0 Å². The smallest absolute Gasteiger partial charge is 0.194 e. The van der Waals surface area contributed by atoms with Gasteiger partial charge in [0.05, 0.1) is 12.7 Å². The highest BCUT2D eigenvalue weighted by Crippen LogP contribution is 2.52. The fourth-order valence-electron chi connectivity index (χ4n) is 5.76. The van der Waals surface area contributed by atoms with Crippen LogP contribution in [0.3, 0.4) is 0 Å². The Labute approximate surface area is 152 Å².